The minimum Gasteiger partial charge on any atom is -0.377 e. The normalized spacial score (nSPS) is 29.2. The fourth-order valence-corrected chi connectivity index (χ4v) is 3.65. The Balaban J connectivity index is 1.58. The van der Waals surface area contributed by atoms with Gasteiger partial charge in [-0.25, -0.2) is 4.98 Å². The summed E-state index contributed by atoms with van der Waals surface area (Å²) in [4.78, 5) is 17.0. The van der Waals surface area contributed by atoms with Gasteiger partial charge >= 0.3 is 0 Å². The molecular formula is C17H21BrN2O2. The van der Waals surface area contributed by atoms with E-state index >= 15 is 0 Å². The SMILES string of the molecule is C=CCOC[C@@]12C[C@@H](C(=O)Cc3nc(Br)ccc3C)N[C@@H]1C2. The molecule has 4 nitrogen and oxygen atoms in total. The number of Topliss-reactive ketones (excluding diaryl/α,β-unsaturated/α-hetero) is 1. The van der Waals surface area contributed by atoms with E-state index in [0.717, 1.165) is 28.7 Å². The lowest BCUT2D eigenvalue weighted by Crippen LogP contribution is -2.35. The average molecular weight is 365 g/mol. The van der Waals surface area contributed by atoms with Crippen LogP contribution in [0.2, 0.25) is 0 Å². The van der Waals surface area contributed by atoms with Gasteiger partial charge in [0, 0.05) is 11.5 Å². The molecule has 2 heterocycles. The fourth-order valence-electron chi connectivity index (χ4n) is 3.30. The van der Waals surface area contributed by atoms with Gasteiger partial charge in [0.25, 0.3) is 0 Å². The fraction of sp³-hybridized carbons (Fsp3) is 0.529. The molecule has 1 aliphatic carbocycles. The number of piperidine rings is 1. The van der Waals surface area contributed by atoms with Crippen LogP contribution in [0.25, 0.3) is 0 Å². The molecule has 1 saturated heterocycles. The van der Waals surface area contributed by atoms with Crippen molar-refractivity contribution < 1.29 is 9.53 Å². The number of rotatable bonds is 7. The predicted octanol–water partition coefficient (Wildman–Crippen LogP) is 2.59. The molecule has 0 aromatic carbocycles. The van der Waals surface area contributed by atoms with Crippen LogP contribution in [0.3, 0.4) is 0 Å². The van der Waals surface area contributed by atoms with Crippen molar-refractivity contribution in [2.24, 2.45) is 5.41 Å². The number of nitrogens with one attached hydrogen (secondary N) is 1. The van der Waals surface area contributed by atoms with E-state index in [2.05, 4.69) is 32.8 Å². The quantitative estimate of drug-likeness (QED) is 0.459. The summed E-state index contributed by atoms with van der Waals surface area (Å²) >= 11 is 3.37. The Bertz CT molecular complexity index is 604. The number of pyridine rings is 1. The molecule has 0 radical (unpaired) electrons. The minimum absolute atomic E-state index is 0.0636. The topological polar surface area (TPSA) is 51.2 Å². The van der Waals surface area contributed by atoms with Crippen molar-refractivity contribution >= 4 is 21.7 Å². The summed E-state index contributed by atoms with van der Waals surface area (Å²) in [6.07, 6.45) is 4.14. The first kappa shape index (κ1) is 15.8. The molecule has 1 saturated carbocycles. The van der Waals surface area contributed by atoms with Crippen LogP contribution < -0.4 is 5.32 Å². The average Bonchev–Trinajstić information content (AvgIpc) is 3.04. The van der Waals surface area contributed by atoms with Crippen LogP contribution in [0.15, 0.2) is 29.4 Å². The standard InChI is InChI=1S/C17H21BrN2O2/c1-3-6-22-10-17-8-13(19-15(17)9-17)14(21)7-12-11(2)4-5-16(18)20-12/h3-5,13,15,19H,1,6-10H2,2H3/t13-,15+,17-/m0/s1. The van der Waals surface area contributed by atoms with Gasteiger partial charge in [0.15, 0.2) is 5.78 Å². The first-order chi connectivity index (χ1) is 10.5. The van der Waals surface area contributed by atoms with E-state index in [4.69, 9.17) is 4.74 Å². The number of nitrogens with zero attached hydrogens (tertiary/aromatic N) is 1. The van der Waals surface area contributed by atoms with Gasteiger partial charge in [-0.15, -0.1) is 6.58 Å². The maximum absolute atomic E-state index is 12.5. The van der Waals surface area contributed by atoms with E-state index in [1.807, 2.05) is 19.1 Å². The molecule has 22 heavy (non-hydrogen) atoms. The van der Waals surface area contributed by atoms with Gasteiger partial charge in [-0.05, 0) is 47.3 Å². The van der Waals surface area contributed by atoms with Crippen LogP contribution in [0.4, 0.5) is 0 Å². The predicted molar refractivity (Wildman–Crippen MR) is 88.8 cm³/mol. The summed E-state index contributed by atoms with van der Waals surface area (Å²) in [5.41, 5.74) is 2.09. The van der Waals surface area contributed by atoms with Gasteiger partial charge in [-0.1, -0.05) is 12.1 Å². The third kappa shape index (κ3) is 3.16. The molecule has 3 atom stereocenters. The Labute approximate surface area is 139 Å². The van der Waals surface area contributed by atoms with Crippen molar-refractivity contribution in [3.8, 4) is 0 Å². The van der Waals surface area contributed by atoms with Crippen LogP contribution in [0, 0.1) is 12.3 Å². The van der Waals surface area contributed by atoms with E-state index in [1.165, 1.54) is 0 Å². The second kappa shape index (κ2) is 6.22. The van der Waals surface area contributed by atoms with Crippen molar-refractivity contribution in [3.63, 3.8) is 0 Å². The zero-order chi connectivity index (χ0) is 15.7. The maximum Gasteiger partial charge on any atom is 0.155 e. The molecule has 1 aromatic heterocycles. The highest BCUT2D eigenvalue weighted by Gasteiger charge is 2.61. The van der Waals surface area contributed by atoms with Crippen LogP contribution in [-0.4, -0.2) is 36.1 Å². The Morgan fingerprint density at radius 2 is 2.41 bits per heavy atom. The van der Waals surface area contributed by atoms with Crippen molar-refractivity contribution in [3.05, 3.63) is 40.6 Å². The van der Waals surface area contributed by atoms with E-state index < -0.39 is 0 Å². The summed E-state index contributed by atoms with van der Waals surface area (Å²) < 4.78 is 6.38. The first-order valence-corrected chi connectivity index (χ1v) is 8.43. The van der Waals surface area contributed by atoms with E-state index in [1.54, 1.807) is 6.08 Å². The summed E-state index contributed by atoms with van der Waals surface area (Å²) in [6.45, 7) is 6.95. The summed E-state index contributed by atoms with van der Waals surface area (Å²) in [5, 5.41) is 3.45. The molecule has 3 rings (SSSR count). The van der Waals surface area contributed by atoms with Crippen LogP contribution in [-0.2, 0) is 16.0 Å². The zero-order valence-corrected chi connectivity index (χ0v) is 14.4. The van der Waals surface area contributed by atoms with Crippen molar-refractivity contribution in [1.29, 1.82) is 0 Å². The van der Waals surface area contributed by atoms with Gasteiger partial charge in [-0.2, -0.15) is 0 Å². The van der Waals surface area contributed by atoms with Gasteiger partial charge < -0.3 is 10.1 Å². The number of hydrogen-bond donors (Lipinski definition) is 1. The molecule has 5 heteroatoms. The van der Waals surface area contributed by atoms with Gasteiger partial charge in [0.05, 0.1) is 31.4 Å². The smallest absolute Gasteiger partial charge is 0.155 e. The number of hydrogen-bond acceptors (Lipinski definition) is 4. The van der Waals surface area contributed by atoms with Crippen LogP contribution in [0.1, 0.15) is 24.1 Å². The van der Waals surface area contributed by atoms with Crippen molar-refractivity contribution in [2.45, 2.75) is 38.3 Å². The molecule has 0 amide bonds. The van der Waals surface area contributed by atoms with Crippen molar-refractivity contribution in [1.82, 2.24) is 10.3 Å². The monoisotopic (exact) mass is 364 g/mol. The zero-order valence-electron chi connectivity index (χ0n) is 12.8. The molecular weight excluding hydrogens is 344 g/mol. The molecule has 0 unspecified atom stereocenters. The number of ether oxygens (including phenoxy) is 1. The van der Waals surface area contributed by atoms with Gasteiger partial charge in [-0.3, -0.25) is 4.79 Å². The molecule has 1 aromatic rings. The lowest BCUT2D eigenvalue weighted by atomic mass is 9.96. The summed E-state index contributed by atoms with van der Waals surface area (Å²) in [5.74, 6) is 0.226. The lowest BCUT2D eigenvalue weighted by Gasteiger charge is -2.15. The van der Waals surface area contributed by atoms with Crippen LogP contribution in [0.5, 0.6) is 0 Å². The summed E-state index contributed by atoms with van der Waals surface area (Å²) in [6, 6.07) is 4.26. The van der Waals surface area contributed by atoms with Crippen molar-refractivity contribution in [2.75, 3.05) is 13.2 Å². The van der Waals surface area contributed by atoms with Gasteiger partial charge in [0.1, 0.15) is 4.60 Å². The second-order valence-corrected chi connectivity index (χ2v) is 7.20. The number of carbonyl (C=O) groups excluding carboxylic acids is 1. The number of carbonyl (C=O) groups is 1. The molecule has 2 fully saturated rings. The maximum atomic E-state index is 12.5. The first-order valence-electron chi connectivity index (χ1n) is 7.63. The summed E-state index contributed by atoms with van der Waals surface area (Å²) in [7, 11) is 0. The molecule has 118 valence electrons. The Hall–Kier alpha value is -1.04. The highest BCUT2D eigenvalue weighted by Crippen LogP contribution is 2.54. The number of aryl methyl sites for hydroxylation is 1. The Morgan fingerprint density at radius 1 is 1.59 bits per heavy atom. The number of halogens is 1. The molecule has 0 bridgehead atoms. The number of ketones is 1. The van der Waals surface area contributed by atoms with E-state index in [9.17, 15) is 4.79 Å². The molecule has 2 aliphatic rings. The molecule has 1 N–H and O–H groups in total. The second-order valence-electron chi connectivity index (χ2n) is 6.39. The minimum atomic E-state index is -0.0636. The Morgan fingerprint density at radius 3 is 3.18 bits per heavy atom. The third-order valence-corrected chi connectivity index (χ3v) is 5.17. The highest BCUT2D eigenvalue weighted by atomic mass is 79.9. The highest BCUT2D eigenvalue weighted by molar-refractivity contribution is 9.10. The number of aromatic nitrogens is 1. The largest absolute Gasteiger partial charge is 0.377 e. The van der Waals surface area contributed by atoms with E-state index in [0.29, 0.717) is 25.7 Å². The van der Waals surface area contributed by atoms with E-state index in [-0.39, 0.29) is 17.2 Å². The van der Waals surface area contributed by atoms with Gasteiger partial charge in [0.2, 0.25) is 0 Å². The van der Waals surface area contributed by atoms with Crippen LogP contribution >= 0.6 is 15.9 Å². The number of fused-ring (bicyclic) bond motifs is 1. The Kier molecular flexibility index (Phi) is 4.48. The third-order valence-electron chi connectivity index (χ3n) is 4.73. The lowest BCUT2D eigenvalue weighted by molar-refractivity contribution is -0.120. The molecule has 1 aliphatic heterocycles. The molecule has 0 spiro atoms.